The molecule has 2 aliphatic rings. The Labute approximate surface area is 258 Å². The maximum atomic E-state index is 14.1. The largest absolute Gasteiger partial charge is 0.493 e. The maximum Gasteiger partial charge on any atom is 0.336 e. The smallest absolute Gasteiger partial charge is 0.336 e. The number of ketones is 1. The molecule has 8 nitrogen and oxygen atoms in total. The van der Waals surface area contributed by atoms with E-state index in [-0.39, 0.29) is 18.3 Å². The molecule has 0 saturated carbocycles. The van der Waals surface area contributed by atoms with Gasteiger partial charge < -0.3 is 29.0 Å². The predicted octanol–water partition coefficient (Wildman–Crippen LogP) is 6.22. The molecule has 230 valence electrons. The van der Waals surface area contributed by atoms with Crippen LogP contribution in [0.5, 0.6) is 17.2 Å². The monoisotopic (exact) mass is 597 g/mol. The Morgan fingerprint density at radius 3 is 2.43 bits per heavy atom. The molecule has 3 aromatic carbocycles. The van der Waals surface area contributed by atoms with E-state index in [1.54, 1.807) is 14.2 Å². The number of esters is 1. The number of methoxy groups -OCH3 is 2. The van der Waals surface area contributed by atoms with Gasteiger partial charge in [-0.3, -0.25) is 4.79 Å². The molecule has 2 atom stereocenters. The minimum Gasteiger partial charge on any atom is -0.493 e. The fourth-order valence-corrected chi connectivity index (χ4v) is 5.93. The third-order valence-electron chi connectivity index (χ3n) is 8.03. The van der Waals surface area contributed by atoms with Crippen molar-refractivity contribution in [1.82, 2.24) is 5.32 Å². The van der Waals surface area contributed by atoms with Gasteiger partial charge in [-0.05, 0) is 67.1 Å². The van der Waals surface area contributed by atoms with Crippen LogP contribution in [0.1, 0.15) is 55.2 Å². The van der Waals surface area contributed by atoms with Crippen LogP contribution in [-0.2, 0) is 25.7 Å². The fraction of sp³-hybridized carbons (Fsp3) is 0.333. The van der Waals surface area contributed by atoms with Crippen molar-refractivity contribution >= 4 is 11.8 Å². The van der Waals surface area contributed by atoms with E-state index in [1.165, 1.54) is 0 Å². The highest BCUT2D eigenvalue weighted by molar-refractivity contribution is 6.04. The lowest BCUT2D eigenvalue weighted by Crippen LogP contribution is -2.36. The first-order valence-corrected chi connectivity index (χ1v) is 14.9. The molecule has 8 heteroatoms. The first-order chi connectivity index (χ1) is 21.4. The number of carbonyl (C=O) groups is 2. The van der Waals surface area contributed by atoms with Crippen LogP contribution in [0.4, 0.5) is 0 Å². The molecule has 0 unspecified atom stereocenters. The molecule has 0 saturated heterocycles. The second-order valence-electron chi connectivity index (χ2n) is 10.8. The van der Waals surface area contributed by atoms with Gasteiger partial charge in [-0.25, -0.2) is 4.79 Å². The van der Waals surface area contributed by atoms with Crippen molar-refractivity contribution in [3.63, 3.8) is 0 Å². The molecule has 3 aromatic rings. The average Bonchev–Trinajstić information content (AvgIpc) is 3.05. The molecular weight excluding hydrogens is 558 g/mol. The quantitative estimate of drug-likeness (QED) is 0.194. The van der Waals surface area contributed by atoms with Gasteiger partial charge in [-0.1, -0.05) is 48.5 Å². The second-order valence-corrected chi connectivity index (χ2v) is 10.8. The van der Waals surface area contributed by atoms with Crippen LogP contribution in [-0.4, -0.2) is 45.8 Å². The summed E-state index contributed by atoms with van der Waals surface area (Å²) >= 11 is 0. The topological polar surface area (TPSA) is 92.3 Å². The highest BCUT2D eigenvalue weighted by Crippen LogP contribution is 2.47. The van der Waals surface area contributed by atoms with E-state index in [0.29, 0.717) is 66.8 Å². The number of hydrogen-bond acceptors (Lipinski definition) is 8. The summed E-state index contributed by atoms with van der Waals surface area (Å²) in [5, 5.41) is 3.41. The van der Waals surface area contributed by atoms with E-state index in [0.717, 1.165) is 22.4 Å². The summed E-state index contributed by atoms with van der Waals surface area (Å²) in [7, 11) is 3.20. The summed E-state index contributed by atoms with van der Waals surface area (Å²) in [5.74, 6) is 0.734. The number of benzene rings is 3. The number of ether oxygens (including phenoxy) is 5. The Balaban J connectivity index is 1.49. The number of Topliss-reactive ketones (excluding diaryl/α,β-unsaturated/α-hetero) is 1. The third-order valence-corrected chi connectivity index (χ3v) is 8.03. The van der Waals surface area contributed by atoms with E-state index < -0.39 is 11.9 Å². The van der Waals surface area contributed by atoms with Gasteiger partial charge in [0.2, 0.25) is 0 Å². The van der Waals surface area contributed by atoms with Crippen LogP contribution in [0.3, 0.4) is 0 Å². The molecule has 0 fully saturated rings. The zero-order valence-corrected chi connectivity index (χ0v) is 25.7. The zero-order chi connectivity index (χ0) is 31.1. The number of carbonyl (C=O) groups excluding carboxylic acids is 2. The fourth-order valence-electron chi connectivity index (χ4n) is 5.93. The van der Waals surface area contributed by atoms with Crippen LogP contribution >= 0.6 is 0 Å². The Morgan fingerprint density at radius 1 is 0.886 bits per heavy atom. The van der Waals surface area contributed by atoms with Crippen molar-refractivity contribution in [1.29, 1.82) is 0 Å². The molecule has 0 amide bonds. The van der Waals surface area contributed by atoms with Crippen molar-refractivity contribution in [3.05, 3.63) is 112 Å². The number of allylic oxidation sites excluding steroid dienone is 3. The summed E-state index contributed by atoms with van der Waals surface area (Å²) in [6, 6.07) is 23.3. The van der Waals surface area contributed by atoms with Crippen LogP contribution in [0, 0.1) is 0 Å². The molecular formula is C36H39NO7. The highest BCUT2D eigenvalue weighted by Gasteiger charge is 2.41. The third kappa shape index (κ3) is 6.81. The summed E-state index contributed by atoms with van der Waals surface area (Å²) in [6.45, 7) is 5.10. The summed E-state index contributed by atoms with van der Waals surface area (Å²) in [5.41, 5.74) is 5.29. The van der Waals surface area contributed by atoms with E-state index >= 15 is 0 Å². The minimum atomic E-state index is -0.607. The Morgan fingerprint density at radius 2 is 1.68 bits per heavy atom. The number of rotatable bonds is 12. The van der Waals surface area contributed by atoms with Crippen LogP contribution in [0.25, 0.3) is 0 Å². The predicted molar refractivity (Wildman–Crippen MR) is 167 cm³/mol. The highest BCUT2D eigenvalue weighted by atomic mass is 16.6. The Bertz CT molecular complexity index is 1560. The lowest BCUT2D eigenvalue weighted by Gasteiger charge is -2.37. The van der Waals surface area contributed by atoms with Gasteiger partial charge in [0.15, 0.2) is 17.3 Å². The summed E-state index contributed by atoms with van der Waals surface area (Å²) < 4.78 is 28.1. The van der Waals surface area contributed by atoms with Gasteiger partial charge in [0.25, 0.3) is 0 Å². The molecule has 0 spiro atoms. The van der Waals surface area contributed by atoms with Gasteiger partial charge in [0, 0.05) is 35.9 Å². The lowest BCUT2D eigenvalue weighted by molar-refractivity contribution is -0.140. The van der Waals surface area contributed by atoms with E-state index in [2.05, 4.69) is 5.32 Å². The van der Waals surface area contributed by atoms with Crippen LogP contribution in [0.15, 0.2) is 95.3 Å². The van der Waals surface area contributed by atoms with Crippen LogP contribution in [0.2, 0.25) is 0 Å². The van der Waals surface area contributed by atoms with Crippen molar-refractivity contribution in [2.75, 3.05) is 34.0 Å². The number of hydrogen-bond donors (Lipinski definition) is 1. The van der Waals surface area contributed by atoms with Crippen molar-refractivity contribution in [2.24, 2.45) is 0 Å². The normalized spacial score (nSPS) is 18.0. The molecule has 0 aromatic heterocycles. The lowest BCUT2D eigenvalue weighted by atomic mass is 9.71. The molecule has 1 aliphatic carbocycles. The molecule has 5 rings (SSSR count). The van der Waals surface area contributed by atoms with E-state index in [9.17, 15) is 9.59 Å². The van der Waals surface area contributed by atoms with Gasteiger partial charge >= 0.3 is 5.97 Å². The van der Waals surface area contributed by atoms with Gasteiger partial charge in [-0.15, -0.1) is 0 Å². The molecule has 1 heterocycles. The summed E-state index contributed by atoms with van der Waals surface area (Å²) in [6.07, 6.45) is 0.893. The average molecular weight is 598 g/mol. The van der Waals surface area contributed by atoms with E-state index in [4.69, 9.17) is 23.7 Å². The summed E-state index contributed by atoms with van der Waals surface area (Å²) in [4.78, 5) is 27.6. The number of nitrogens with one attached hydrogen (secondary N) is 1. The first-order valence-electron chi connectivity index (χ1n) is 14.9. The zero-order valence-electron chi connectivity index (χ0n) is 25.7. The number of dihydropyridines is 1. The molecule has 0 radical (unpaired) electrons. The van der Waals surface area contributed by atoms with Crippen LogP contribution < -0.4 is 19.5 Å². The maximum absolute atomic E-state index is 14.1. The van der Waals surface area contributed by atoms with Gasteiger partial charge in [0.1, 0.15) is 19.0 Å². The Hall–Kier alpha value is -4.56. The van der Waals surface area contributed by atoms with Crippen molar-refractivity contribution < 1.29 is 33.3 Å². The SMILES string of the molecule is CCOCCOC(=O)C1=C(C)NC2=C(C(=O)C[C@@H](c3ccc(OC)c(OC)c3)C2)[C@@H]1c1cccc(OCc2ccccc2)c1. The molecule has 44 heavy (non-hydrogen) atoms. The second kappa shape index (κ2) is 14.3. The molecule has 0 bridgehead atoms. The Kier molecular flexibility index (Phi) is 10.0. The minimum absolute atomic E-state index is 0.0220. The molecule has 1 N–H and O–H groups in total. The molecule has 1 aliphatic heterocycles. The first kappa shape index (κ1) is 30.9. The van der Waals surface area contributed by atoms with Crippen molar-refractivity contribution in [2.45, 2.75) is 45.1 Å². The van der Waals surface area contributed by atoms with Gasteiger partial charge in [-0.2, -0.15) is 0 Å². The van der Waals surface area contributed by atoms with E-state index in [1.807, 2.05) is 86.6 Å². The van der Waals surface area contributed by atoms with Gasteiger partial charge in [0.05, 0.1) is 26.4 Å². The standard InChI is InChI=1S/C36H39NO7/c1-5-42-16-17-43-36(39)33-23(2)37-29-19-27(25-14-15-31(40-3)32(21-25)41-4)20-30(38)35(29)34(33)26-12-9-13-28(18-26)44-22-24-10-7-6-8-11-24/h6-15,18,21,27,34,37H,5,16-17,19-20,22H2,1-4H3/t27-,34+/m0/s1. The van der Waals surface area contributed by atoms with Crippen molar-refractivity contribution in [3.8, 4) is 17.2 Å².